The van der Waals surface area contributed by atoms with E-state index in [1.807, 2.05) is 19.1 Å². The first kappa shape index (κ1) is 18.9. The SMILES string of the molecule is CCOc1c(Br)cc(Br)cc1CNCC(O)CC(C)(C)C. The summed E-state index contributed by atoms with van der Waals surface area (Å²) in [6.07, 6.45) is 0.441. The number of aliphatic hydroxyl groups excluding tert-OH is 1. The van der Waals surface area contributed by atoms with Crippen molar-refractivity contribution < 1.29 is 9.84 Å². The Morgan fingerprint density at radius 3 is 2.52 bits per heavy atom. The van der Waals surface area contributed by atoms with E-state index in [9.17, 15) is 5.11 Å². The molecule has 0 aliphatic carbocycles. The van der Waals surface area contributed by atoms with Crippen molar-refractivity contribution in [2.45, 2.75) is 46.8 Å². The van der Waals surface area contributed by atoms with E-state index in [4.69, 9.17) is 4.74 Å². The van der Waals surface area contributed by atoms with Crippen molar-refractivity contribution in [1.29, 1.82) is 0 Å². The average Bonchev–Trinajstić information content (AvgIpc) is 2.31. The van der Waals surface area contributed by atoms with E-state index in [0.717, 1.165) is 26.7 Å². The summed E-state index contributed by atoms with van der Waals surface area (Å²) in [5.41, 5.74) is 1.21. The highest BCUT2D eigenvalue weighted by Crippen LogP contribution is 2.33. The van der Waals surface area contributed by atoms with Crippen molar-refractivity contribution in [3.63, 3.8) is 0 Å². The van der Waals surface area contributed by atoms with Gasteiger partial charge < -0.3 is 15.2 Å². The molecule has 0 spiro atoms. The van der Waals surface area contributed by atoms with Gasteiger partial charge in [0.2, 0.25) is 0 Å². The predicted molar refractivity (Wildman–Crippen MR) is 94.8 cm³/mol. The van der Waals surface area contributed by atoms with Crippen molar-refractivity contribution in [3.8, 4) is 5.75 Å². The Kier molecular flexibility index (Phi) is 7.68. The van der Waals surface area contributed by atoms with Crippen LogP contribution in [0.1, 0.15) is 39.7 Å². The molecular formula is C16H25Br2NO2. The number of hydrogen-bond donors (Lipinski definition) is 2. The molecule has 0 fully saturated rings. The molecule has 0 saturated heterocycles. The van der Waals surface area contributed by atoms with Crippen LogP contribution in [0.25, 0.3) is 0 Å². The second-order valence-electron chi connectivity index (χ2n) is 6.36. The van der Waals surface area contributed by atoms with Crippen LogP contribution in [0.15, 0.2) is 21.1 Å². The highest BCUT2D eigenvalue weighted by atomic mass is 79.9. The van der Waals surface area contributed by atoms with Gasteiger partial charge in [0.25, 0.3) is 0 Å². The molecule has 0 amide bonds. The molecule has 0 bridgehead atoms. The molecule has 1 aromatic carbocycles. The lowest BCUT2D eigenvalue weighted by Gasteiger charge is -2.22. The van der Waals surface area contributed by atoms with E-state index in [0.29, 0.717) is 19.7 Å². The van der Waals surface area contributed by atoms with Gasteiger partial charge in [0.05, 0.1) is 17.2 Å². The molecule has 0 saturated carbocycles. The van der Waals surface area contributed by atoms with Crippen LogP contribution in [-0.4, -0.2) is 24.4 Å². The quantitative estimate of drug-likeness (QED) is 0.679. The Morgan fingerprint density at radius 2 is 1.95 bits per heavy atom. The van der Waals surface area contributed by atoms with E-state index < -0.39 is 0 Å². The lowest BCUT2D eigenvalue weighted by molar-refractivity contribution is 0.119. The lowest BCUT2D eigenvalue weighted by Crippen LogP contribution is -2.30. The Balaban J connectivity index is 2.62. The fourth-order valence-corrected chi connectivity index (χ4v) is 3.63. The molecule has 1 atom stereocenters. The molecule has 0 aliphatic rings. The van der Waals surface area contributed by atoms with Gasteiger partial charge in [-0.3, -0.25) is 0 Å². The van der Waals surface area contributed by atoms with Gasteiger partial charge in [-0.15, -0.1) is 0 Å². The summed E-state index contributed by atoms with van der Waals surface area (Å²) < 4.78 is 7.63. The smallest absolute Gasteiger partial charge is 0.138 e. The first-order valence-corrected chi connectivity index (χ1v) is 8.81. The molecule has 120 valence electrons. The highest BCUT2D eigenvalue weighted by Gasteiger charge is 2.16. The molecule has 21 heavy (non-hydrogen) atoms. The minimum atomic E-state index is -0.337. The average molecular weight is 423 g/mol. The summed E-state index contributed by atoms with van der Waals surface area (Å²) in [7, 11) is 0. The summed E-state index contributed by atoms with van der Waals surface area (Å²) >= 11 is 7.02. The summed E-state index contributed by atoms with van der Waals surface area (Å²) in [4.78, 5) is 0. The largest absolute Gasteiger partial charge is 0.492 e. The monoisotopic (exact) mass is 421 g/mol. The first-order valence-electron chi connectivity index (χ1n) is 7.22. The molecule has 1 unspecified atom stereocenters. The number of halogens is 2. The lowest BCUT2D eigenvalue weighted by atomic mass is 9.89. The number of ether oxygens (including phenoxy) is 1. The molecule has 5 heteroatoms. The number of nitrogens with one attached hydrogen (secondary N) is 1. The molecular weight excluding hydrogens is 398 g/mol. The fraction of sp³-hybridized carbons (Fsp3) is 0.625. The maximum absolute atomic E-state index is 10.0. The van der Waals surface area contributed by atoms with Gasteiger partial charge >= 0.3 is 0 Å². The van der Waals surface area contributed by atoms with Crippen LogP contribution in [0.2, 0.25) is 0 Å². The second kappa shape index (κ2) is 8.51. The number of rotatable bonds is 7. The Bertz CT molecular complexity index is 458. The summed E-state index contributed by atoms with van der Waals surface area (Å²) in [5, 5.41) is 13.3. The Labute approximate surface area is 144 Å². The molecule has 2 N–H and O–H groups in total. The van der Waals surface area contributed by atoms with Crippen LogP contribution in [0.4, 0.5) is 0 Å². The van der Waals surface area contributed by atoms with Crippen LogP contribution < -0.4 is 10.1 Å². The van der Waals surface area contributed by atoms with E-state index in [-0.39, 0.29) is 11.5 Å². The topological polar surface area (TPSA) is 41.5 Å². The van der Waals surface area contributed by atoms with Gasteiger partial charge in [-0.1, -0.05) is 36.7 Å². The van der Waals surface area contributed by atoms with Crippen LogP contribution >= 0.6 is 31.9 Å². The summed E-state index contributed by atoms with van der Waals surface area (Å²) in [6, 6.07) is 4.02. The first-order chi connectivity index (χ1) is 9.73. The van der Waals surface area contributed by atoms with E-state index in [1.54, 1.807) is 0 Å². The van der Waals surface area contributed by atoms with Crippen LogP contribution in [0.3, 0.4) is 0 Å². The third kappa shape index (κ3) is 7.13. The zero-order chi connectivity index (χ0) is 16.0. The van der Waals surface area contributed by atoms with Gasteiger partial charge in [-0.25, -0.2) is 0 Å². The normalized spacial score (nSPS) is 13.3. The van der Waals surface area contributed by atoms with Crippen molar-refractivity contribution in [3.05, 3.63) is 26.6 Å². The minimum Gasteiger partial charge on any atom is -0.492 e. The molecule has 0 aliphatic heterocycles. The second-order valence-corrected chi connectivity index (χ2v) is 8.13. The summed E-state index contributed by atoms with van der Waals surface area (Å²) in [6.45, 7) is 10.2. The fourth-order valence-electron chi connectivity index (χ4n) is 2.20. The molecule has 0 radical (unpaired) electrons. The zero-order valence-electron chi connectivity index (χ0n) is 13.2. The minimum absolute atomic E-state index is 0.135. The standard InChI is InChI=1S/C16H25Br2NO2/c1-5-21-15-11(6-12(17)7-14(15)18)9-19-10-13(20)8-16(2,3)4/h6-7,13,19-20H,5,8-10H2,1-4H3. The van der Waals surface area contributed by atoms with Gasteiger partial charge in [-0.05, 0) is 46.8 Å². The molecule has 1 rings (SSSR count). The predicted octanol–water partition coefficient (Wildman–Crippen LogP) is 4.50. The molecule has 0 heterocycles. The Morgan fingerprint density at radius 1 is 1.29 bits per heavy atom. The van der Waals surface area contributed by atoms with Gasteiger partial charge in [0, 0.05) is 23.1 Å². The van der Waals surface area contributed by atoms with Gasteiger partial charge in [-0.2, -0.15) is 0 Å². The van der Waals surface area contributed by atoms with Crippen LogP contribution in [0.5, 0.6) is 5.75 Å². The number of hydrogen-bond acceptors (Lipinski definition) is 3. The van der Waals surface area contributed by atoms with Gasteiger partial charge in [0.1, 0.15) is 5.75 Å². The number of aliphatic hydroxyl groups is 1. The highest BCUT2D eigenvalue weighted by molar-refractivity contribution is 9.11. The molecule has 3 nitrogen and oxygen atoms in total. The Hall–Kier alpha value is -0.100. The van der Waals surface area contributed by atoms with Crippen molar-refractivity contribution in [2.75, 3.05) is 13.2 Å². The maximum atomic E-state index is 10.0. The van der Waals surface area contributed by atoms with E-state index >= 15 is 0 Å². The van der Waals surface area contributed by atoms with Crippen LogP contribution in [0, 0.1) is 5.41 Å². The van der Waals surface area contributed by atoms with Gasteiger partial charge in [0.15, 0.2) is 0 Å². The zero-order valence-corrected chi connectivity index (χ0v) is 16.3. The maximum Gasteiger partial charge on any atom is 0.138 e. The van der Waals surface area contributed by atoms with Crippen molar-refractivity contribution in [2.24, 2.45) is 5.41 Å². The molecule has 1 aromatic rings. The third-order valence-electron chi connectivity index (χ3n) is 2.92. The van der Waals surface area contributed by atoms with Crippen LogP contribution in [-0.2, 0) is 6.54 Å². The van der Waals surface area contributed by atoms with E-state index in [1.165, 1.54) is 0 Å². The summed E-state index contributed by atoms with van der Waals surface area (Å²) in [5.74, 6) is 0.860. The molecule has 0 aromatic heterocycles. The third-order valence-corrected chi connectivity index (χ3v) is 3.96. The number of benzene rings is 1. The van der Waals surface area contributed by atoms with E-state index in [2.05, 4.69) is 57.9 Å². The van der Waals surface area contributed by atoms with Crippen molar-refractivity contribution in [1.82, 2.24) is 5.32 Å². The van der Waals surface area contributed by atoms with Crippen molar-refractivity contribution >= 4 is 31.9 Å².